The molecule has 2 aromatic rings. The molecule has 3 rings (SSSR count). The molecule has 1 aliphatic carbocycles. The van der Waals surface area contributed by atoms with Crippen LogP contribution in [0.25, 0.3) is 11.1 Å². The zero-order valence-corrected chi connectivity index (χ0v) is 15.7. The Morgan fingerprint density at radius 2 is 1.54 bits per heavy atom. The van der Waals surface area contributed by atoms with Crippen molar-refractivity contribution in [2.75, 3.05) is 7.11 Å². The van der Waals surface area contributed by atoms with Crippen LogP contribution < -0.4 is 0 Å². The molecule has 0 bridgehead atoms. The molecule has 0 aliphatic heterocycles. The number of methoxy groups -OCH3 is 1. The molecule has 1 saturated carbocycles. The van der Waals surface area contributed by atoms with Crippen molar-refractivity contribution >= 4 is 0 Å². The first-order valence-corrected chi connectivity index (χ1v) is 9.73. The monoisotopic (exact) mass is 352 g/mol. The van der Waals surface area contributed by atoms with E-state index in [9.17, 15) is 4.39 Å². The van der Waals surface area contributed by atoms with Crippen LogP contribution in [-0.2, 0) is 11.3 Å². The number of hydrogen-bond acceptors (Lipinski definition) is 1. The van der Waals surface area contributed by atoms with Crippen molar-refractivity contribution in [3.63, 3.8) is 0 Å². The van der Waals surface area contributed by atoms with E-state index >= 15 is 0 Å². The number of hydrogen-bond donors (Lipinski definition) is 0. The molecule has 0 aromatic heterocycles. The smallest absolute Gasteiger partial charge is 0.0827 e. The Hall–Kier alpha value is -1.93. The van der Waals surface area contributed by atoms with E-state index in [0.717, 1.165) is 18.8 Å². The van der Waals surface area contributed by atoms with E-state index in [1.54, 1.807) is 13.2 Å². The van der Waals surface area contributed by atoms with Gasteiger partial charge in [0.2, 0.25) is 0 Å². The third-order valence-electron chi connectivity index (χ3n) is 5.66. The standard InChI is InChI=1S/C24H29FO/c1-26-18-20-7-11-22(12-8-20)24-15-13-23(14-16-24)21-9-5-19(6-10-21)4-2-3-17-25/h3,7-8,11-17,19,21H,2,4-6,9-10,18H2,1H3/b17-3+/t19-,21-. The topological polar surface area (TPSA) is 9.23 Å². The van der Waals surface area contributed by atoms with Gasteiger partial charge in [-0.3, -0.25) is 0 Å². The van der Waals surface area contributed by atoms with Gasteiger partial charge in [0.1, 0.15) is 0 Å². The van der Waals surface area contributed by atoms with E-state index in [2.05, 4.69) is 48.5 Å². The second-order valence-electron chi connectivity index (χ2n) is 7.41. The van der Waals surface area contributed by atoms with Crippen LogP contribution in [0.3, 0.4) is 0 Å². The van der Waals surface area contributed by atoms with Crippen LogP contribution in [0, 0.1) is 5.92 Å². The van der Waals surface area contributed by atoms with Gasteiger partial charge in [-0.15, -0.1) is 0 Å². The van der Waals surface area contributed by atoms with Crippen molar-refractivity contribution in [3.05, 3.63) is 72.1 Å². The Kier molecular flexibility index (Phi) is 7.02. The summed E-state index contributed by atoms with van der Waals surface area (Å²) >= 11 is 0. The van der Waals surface area contributed by atoms with E-state index in [4.69, 9.17) is 4.74 Å². The van der Waals surface area contributed by atoms with E-state index in [0.29, 0.717) is 18.9 Å². The molecule has 26 heavy (non-hydrogen) atoms. The highest BCUT2D eigenvalue weighted by Crippen LogP contribution is 2.38. The molecule has 138 valence electrons. The minimum Gasteiger partial charge on any atom is -0.380 e. The van der Waals surface area contributed by atoms with Gasteiger partial charge in [-0.2, -0.15) is 0 Å². The lowest BCUT2D eigenvalue weighted by Crippen LogP contribution is -2.13. The summed E-state index contributed by atoms with van der Waals surface area (Å²) in [6.07, 6.45) is 9.39. The van der Waals surface area contributed by atoms with Crippen LogP contribution in [0.5, 0.6) is 0 Å². The summed E-state index contributed by atoms with van der Waals surface area (Å²) in [5.41, 5.74) is 5.18. The Morgan fingerprint density at radius 3 is 2.12 bits per heavy atom. The quantitative estimate of drug-likeness (QED) is 0.519. The average Bonchev–Trinajstić information content (AvgIpc) is 2.70. The third kappa shape index (κ3) is 5.04. The van der Waals surface area contributed by atoms with Gasteiger partial charge in [-0.25, -0.2) is 4.39 Å². The summed E-state index contributed by atoms with van der Waals surface area (Å²) in [5.74, 6) is 1.45. The highest BCUT2D eigenvalue weighted by atomic mass is 19.1. The van der Waals surface area contributed by atoms with Crippen molar-refractivity contribution < 1.29 is 9.13 Å². The maximum atomic E-state index is 12.1. The van der Waals surface area contributed by atoms with Gasteiger partial charge >= 0.3 is 0 Å². The van der Waals surface area contributed by atoms with Crippen LogP contribution in [0.4, 0.5) is 4.39 Å². The Balaban J connectivity index is 1.56. The maximum absolute atomic E-state index is 12.1. The van der Waals surface area contributed by atoms with Crippen LogP contribution in [-0.4, -0.2) is 7.11 Å². The van der Waals surface area contributed by atoms with E-state index in [1.165, 1.54) is 47.9 Å². The van der Waals surface area contributed by atoms with Crippen molar-refractivity contribution in [1.82, 2.24) is 0 Å². The van der Waals surface area contributed by atoms with Gasteiger partial charge < -0.3 is 4.74 Å². The fourth-order valence-corrected chi connectivity index (χ4v) is 4.09. The summed E-state index contributed by atoms with van der Waals surface area (Å²) in [4.78, 5) is 0. The highest BCUT2D eigenvalue weighted by Gasteiger charge is 2.21. The lowest BCUT2D eigenvalue weighted by Gasteiger charge is -2.28. The van der Waals surface area contributed by atoms with Gasteiger partial charge in [0, 0.05) is 7.11 Å². The van der Waals surface area contributed by atoms with Crippen molar-refractivity contribution in [3.8, 4) is 11.1 Å². The van der Waals surface area contributed by atoms with E-state index < -0.39 is 0 Å². The van der Waals surface area contributed by atoms with Gasteiger partial charge in [0.05, 0.1) is 12.9 Å². The molecule has 0 N–H and O–H groups in total. The van der Waals surface area contributed by atoms with E-state index in [1.807, 2.05) is 0 Å². The van der Waals surface area contributed by atoms with E-state index in [-0.39, 0.29) is 0 Å². The number of halogens is 1. The largest absolute Gasteiger partial charge is 0.380 e. The minimum atomic E-state index is 0.659. The molecule has 1 nitrogen and oxygen atoms in total. The predicted molar refractivity (Wildman–Crippen MR) is 107 cm³/mol. The number of rotatable bonds is 7. The fourth-order valence-electron chi connectivity index (χ4n) is 4.09. The van der Waals surface area contributed by atoms with Crippen LogP contribution >= 0.6 is 0 Å². The molecule has 2 aromatic carbocycles. The van der Waals surface area contributed by atoms with Gasteiger partial charge in [-0.05, 0) is 72.6 Å². The molecule has 0 spiro atoms. The molecule has 1 fully saturated rings. The van der Waals surface area contributed by atoms with Crippen molar-refractivity contribution in [1.29, 1.82) is 0 Å². The number of benzene rings is 2. The Labute approximate surface area is 156 Å². The first-order valence-electron chi connectivity index (χ1n) is 9.73. The molecule has 0 atom stereocenters. The summed E-state index contributed by atoms with van der Waals surface area (Å²) in [6, 6.07) is 17.7. The normalized spacial score (nSPS) is 20.5. The Morgan fingerprint density at radius 1 is 0.923 bits per heavy atom. The summed E-state index contributed by atoms with van der Waals surface area (Å²) < 4.78 is 17.2. The third-order valence-corrected chi connectivity index (χ3v) is 5.66. The predicted octanol–water partition coefficient (Wildman–Crippen LogP) is 7.04. The van der Waals surface area contributed by atoms with Gasteiger partial charge in [-0.1, -0.05) is 54.6 Å². The van der Waals surface area contributed by atoms with Gasteiger partial charge in [0.15, 0.2) is 0 Å². The molecule has 0 heterocycles. The van der Waals surface area contributed by atoms with Crippen LogP contribution in [0.15, 0.2) is 60.9 Å². The molecule has 2 heteroatoms. The maximum Gasteiger partial charge on any atom is 0.0827 e. The second kappa shape index (κ2) is 9.68. The highest BCUT2D eigenvalue weighted by molar-refractivity contribution is 5.64. The zero-order chi connectivity index (χ0) is 18.2. The van der Waals surface area contributed by atoms with Gasteiger partial charge in [0.25, 0.3) is 0 Å². The lowest BCUT2D eigenvalue weighted by molar-refractivity contribution is 0.185. The molecule has 0 unspecified atom stereocenters. The van der Waals surface area contributed by atoms with Crippen LogP contribution in [0.1, 0.15) is 55.6 Å². The number of ether oxygens (including phenoxy) is 1. The fraction of sp³-hybridized carbons (Fsp3) is 0.417. The first kappa shape index (κ1) is 18.8. The van der Waals surface area contributed by atoms with Crippen molar-refractivity contribution in [2.45, 2.75) is 51.0 Å². The second-order valence-corrected chi connectivity index (χ2v) is 7.41. The average molecular weight is 352 g/mol. The molecular weight excluding hydrogens is 323 g/mol. The van der Waals surface area contributed by atoms with Crippen molar-refractivity contribution in [2.24, 2.45) is 5.92 Å². The SMILES string of the molecule is COCc1ccc(-c2ccc([C@H]3CC[C@H](CC/C=C/F)CC3)cc2)cc1. The molecule has 0 amide bonds. The Bertz CT molecular complexity index is 679. The molecule has 1 aliphatic rings. The first-order chi connectivity index (χ1) is 12.8. The minimum absolute atomic E-state index is 0.659. The summed E-state index contributed by atoms with van der Waals surface area (Å²) in [6.45, 7) is 0.659. The lowest BCUT2D eigenvalue weighted by atomic mass is 9.77. The number of allylic oxidation sites excluding steroid dienone is 1. The molecule has 0 radical (unpaired) electrons. The zero-order valence-electron chi connectivity index (χ0n) is 15.7. The molecular formula is C24H29FO. The molecule has 0 saturated heterocycles. The van der Waals surface area contributed by atoms with Crippen LogP contribution in [0.2, 0.25) is 0 Å². The summed E-state index contributed by atoms with van der Waals surface area (Å²) in [5, 5.41) is 0. The summed E-state index contributed by atoms with van der Waals surface area (Å²) in [7, 11) is 1.72.